The molecule has 3 aromatic rings. The highest BCUT2D eigenvalue weighted by atomic mass is 35.5. The van der Waals surface area contributed by atoms with Crippen molar-refractivity contribution in [2.75, 3.05) is 0 Å². The van der Waals surface area contributed by atoms with Gasteiger partial charge in [-0.3, -0.25) is 0 Å². The number of ether oxygens (including phenoxy) is 1. The number of benzene rings is 2. The fourth-order valence-corrected chi connectivity index (χ4v) is 2.45. The quantitative estimate of drug-likeness (QED) is 0.530. The highest BCUT2D eigenvalue weighted by Gasteiger charge is 2.30. The van der Waals surface area contributed by atoms with Gasteiger partial charge in [-0.15, -0.1) is 0 Å². The maximum Gasteiger partial charge on any atom is 0.416 e. The summed E-state index contributed by atoms with van der Waals surface area (Å²) in [4.78, 5) is 4.21. The molecule has 128 valence electrons. The summed E-state index contributed by atoms with van der Waals surface area (Å²) in [5.41, 5.74) is 1.15. The summed E-state index contributed by atoms with van der Waals surface area (Å²) in [5.74, 6) is 0.452. The van der Waals surface area contributed by atoms with Crippen LogP contribution < -0.4 is 4.74 Å². The summed E-state index contributed by atoms with van der Waals surface area (Å²) in [7, 11) is 0. The molecule has 3 rings (SSSR count). The van der Waals surface area contributed by atoms with Crippen LogP contribution in [0.1, 0.15) is 11.1 Å². The van der Waals surface area contributed by atoms with Crippen LogP contribution in [0.2, 0.25) is 5.15 Å². The zero-order chi connectivity index (χ0) is 17.9. The Bertz CT molecular complexity index is 849. The number of alkyl halides is 3. The molecule has 0 amide bonds. The number of nitrogens with zero attached hydrogens (tertiary/aromatic N) is 1. The molecular weight excluding hydrogens is 351 g/mol. The summed E-state index contributed by atoms with van der Waals surface area (Å²) in [6, 6.07) is 17.5. The number of rotatable bonds is 4. The lowest BCUT2D eigenvalue weighted by Gasteiger charge is -2.12. The maximum atomic E-state index is 12.7. The van der Waals surface area contributed by atoms with Crippen molar-refractivity contribution < 1.29 is 17.9 Å². The molecule has 6 heteroatoms. The second kappa shape index (κ2) is 7.15. The summed E-state index contributed by atoms with van der Waals surface area (Å²) >= 11 is 5.94. The van der Waals surface area contributed by atoms with Crippen LogP contribution in [-0.2, 0) is 12.8 Å². The molecular formula is C19H13ClF3NO. The summed E-state index contributed by atoms with van der Waals surface area (Å²) in [6.07, 6.45) is -4.38. The first kappa shape index (κ1) is 17.3. The van der Waals surface area contributed by atoms with Gasteiger partial charge in [0.1, 0.15) is 23.2 Å². The topological polar surface area (TPSA) is 22.1 Å². The van der Waals surface area contributed by atoms with E-state index in [9.17, 15) is 13.2 Å². The second-order valence-corrected chi connectivity index (χ2v) is 5.72. The van der Waals surface area contributed by atoms with Gasteiger partial charge >= 0.3 is 6.18 Å². The third-order valence-electron chi connectivity index (χ3n) is 3.55. The van der Waals surface area contributed by atoms with Crippen molar-refractivity contribution in [1.82, 2.24) is 4.98 Å². The highest BCUT2D eigenvalue weighted by molar-refractivity contribution is 6.29. The van der Waals surface area contributed by atoms with E-state index in [-0.39, 0.29) is 5.15 Å². The van der Waals surface area contributed by atoms with Crippen LogP contribution in [0.4, 0.5) is 13.2 Å². The minimum absolute atomic E-state index is 0.238. The average molecular weight is 364 g/mol. The number of hydrogen-bond donors (Lipinski definition) is 0. The van der Waals surface area contributed by atoms with Crippen LogP contribution in [0.25, 0.3) is 11.3 Å². The predicted molar refractivity (Wildman–Crippen MR) is 90.5 cm³/mol. The number of halogens is 4. The Hall–Kier alpha value is -2.53. The van der Waals surface area contributed by atoms with Crippen molar-refractivity contribution in [3.05, 3.63) is 83.0 Å². The van der Waals surface area contributed by atoms with Crippen molar-refractivity contribution in [3.63, 3.8) is 0 Å². The lowest BCUT2D eigenvalue weighted by atomic mass is 10.1. The first-order valence-electron chi connectivity index (χ1n) is 7.44. The lowest BCUT2D eigenvalue weighted by Crippen LogP contribution is -2.04. The third-order valence-corrected chi connectivity index (χ3v) is 3.76. The highest BCUT2D eigenvalue weighted by Crippen LogP contribution is 2.34. The maximum absolute atomic E-state index is 12.7. The van der Waals surface area contributed by atoms with E-state index >= 15 is 0 Å². The van der Waals surface area contributed by atoms with E-state index in [0.29, 0.717) is 23.6 Å². The largest absolute Gasteiger partial charge is 0.487 e. The van der Waals surface area contributed by atoms with Gasteiger partial charge in [-0.1, -0.05) is 54.1 Å². The molecule has 0 bridgehead atoms. The van der Waals surface area contributed by atoms with Crippen LogP contribution in [0, 0.1) is 0 Å². The van der Waals surface area contributed by atoms with E-state index in [1.54, 1.807) is 12.1 Å². The van der Waals surface area contributed by atoms with E-state index < -0.39 is 11.7 Å². The molecule has 2 nitrogen and oxygen atoms in total. The van der Waals surface area contributed by atoms with Gasteiger partial charge < -0.3 is 4.74 Å². The molecule has 0 aliphatic rings. The minimum Gasteiger partial charge on any atom is -0.487 e. The van der Waals surface area contributed by atoms with Crippen molar-refractivity contribution in [2.45, 2.75) is 12.8 Å². The zero-order valence-corrected chi connectivity index (χ0v) is 13.7. The Labute approximate surface area is 147 Å². The average Bonchev–Trinajstić information content (AvgIpc) is 2.61. The third kappa shape index (κ3) is 4.31. The van der Waals surface area contributed by atoms with Crippen LogP contribution in [0.15, 0.2) is 66.7 Å². The van der Waals surface area contributed by atoms with Crippen molar-refractivity contribution in [2.24, 2.45) is 0 Å². The summed E-state index contributed by atoms with van der Waals surface area (Å²) < 4.78 is 43.9. The first-order valence-corrected chi connectivity index (χ1v) is 7.82. The zero-order valence-electron chi connectivity index (χ0n) is 12.9. The molecule has 2 aromatic carbocycles. The Morgan fingerprint density at radius 2 is 1.56 bits per heavy atom. The monoisotopic (exact) mass is 363 g/mol. The number of aromatic nitrogens is 1. The van der Waals surface area contributed by atoms with Gasteiger partial charge in [0.2, 0.25) is 0 Å². The number of hydrogen-bond acceptors (Lipinski definition) is 2. The molecule has 0 fully saturated rings. The second-order valence-electron chi connectivity index (χ2n) is 5.33. The molecule has 0 saturated carbocycles. The Morgan fingerprint density at radius 3 is 2.20 bits per heavy atom. The molecule has 0 unspecified atom stereocenters. The fourth-order valence-electron chi connectivity index (χ4n) is 2.30. The lowest BCUT2D eigenvalue weighted by molar-refractivity contribution is -0.137. The Balaban J connectivity index is 1.89. The molecule has 1 heterocycles. The van der Waals surface area contributed by atoms with E-state index in [1.807, 2.05) is 30.3 Å². The molecule has 0 aliphatic heterocycles. The van der Waals surface area contributed by atoms with E-state index in [0.717, 1.165) is 17.7 Å². The van der Waals surface area contributed by atoms with Crippen molar-refractivity contribution in [1.29, 1.82) is 0 Å². The van der Waals surface area contributed by atoms with E-state index in [1.165, 1.54) is 12.1 Å². The predicted octanol–water partition coefficient (Wildman–Crippen LogP) is 6.00. The van der Waals surface area contributed by atoms with Gasteiger partial charge in [0, 0.05) is 5.56 Å². The first-order chi connectivity index (χ1) is 11.9. The molecule has 0 radical (unpaired) electrons. The minimum atomic E-state index is -4.38. The SMILES string of the molecule is FC(F)(F)c1ccc(-c2nc(Cl)ccc2OCc2ccccc2)cc1. The number of pyridine rings is 1. The van der Waals surface area contributed by atoms with Gasteiger partial charge in [0.05, 0.1) is 5.56 Å². The smallest absolute Gasteiger partial charge is 0.416 e. The van der Waals surface area contributed by atoms with Crippen molar-refractivity contribution >= 4 is 11.6 Å². The summed E-state index contributed by atoms with van der Waals surface area (Å²) in [6.45, 7) is 0.317. The van der Waals surface area contributed by atoms with Crippen molar-refractivity contribution in [3.8, 4) is 17.0 Å². The standard InChI is InChI=1S/C19H13ClF3NO/c20-17-11-10-16(25-12-13-4-2-1-3-5-13)18(24-17)14-6-8-15(9-7-14)19(21,22)23/h1-11H,12H2. The normalized spacial score (nSPS) is 11.4. The Morgan fingerprint density at radius 1 is 0.880 bits per heavy atom. The molecule has 0 atom stereocenters. The van der Waals surface area contributed by atoms with E-state index in [2.05, 4.69) is 4.98 Å². The molecule has 0 aliphatic carbocycles. The molecule has 25 heavy (non-hydrogen) atoms. The van der Waals surface area contributed by atoms with Gasteiger partial charge in [0.15, 0.2) is 0 Å². The Kier molecular flexibility index (Phi) is 4.95. The van der Waals surface area contributed by atoms with Gasteiger partial charge in [-0.05, 0) is 29.8 Å². The van der Waals surface area contributed by atoms with E-state index in [4.69, 9.17) is 16.3 Å². The summed E-state index contributed by atoms with van der Waals surface area (Å²) in [5, 5.41) is 0.238. The van der Waals surface area contributed by atoms with Crippen LogP contribution in [-0.4, -0.2) is 4.98 Å². The molecule has 0 saturated heterocycles. The van der Waals surface area contributed by atoms with Gasteiger partial charge in [-0.2, -0.15) is 13.2 Å². The van der Waals surface area contributed by atoms with Gasteiger partial charge in [-0.25, -0.2) is 4.98 Å². The molecule has 0 N–H and O–H groups in total. The molecule has 1 aromatic heterocycles. The van der Waals surface area contributed by atoms with Gasteiger partial charge in [0.25, 0.3) is 0 Å². The fraction of sp³-hybridized carbons (Fsp3) is 0.105. The molecule has 0 spiro atoms. The van der Waals surface area contributed by atoms with Crippen LogP contribution in [0.5, 0.6) is 5.75 Å². The van der Waals surface area contributed by atoms with Crippen LogP contribution in [0.3, 0.4) is 0 Å². The van der Waals surface area contributed by atoms with Crippen LogP contribution >= 0.6 is 11.6 Å².